The fraction of sp³-hybridized carbons (Fsp3) is 0.500. The Morgan fingerprint density at radius 3 is 2.70 bits per heavy atom. The maximum Gasteiger partial charge on any atom is 0.231 e. The molecule has 0 spiro atoms. The van der Waals surface area contributed by atoms with Crippen LogP contribution in [0.15, 0.2) is 12.1 Å². The normalized spacial score (nSPS) is 12.3. The van der Waals surface area contributed by atoms with Crippen molar-refractivity contribution < 1.29 is 19.0 Å². The zero-order chi connectivity index (χ0) is 14.5. The molecule has 1 heterocycles. The Balaban J connectivity index is 2.04. The smallest absolute Gasteiger partial charge is 0.231 e. The number of hydrogen-bond acceptors (Lipinski definition) is 5. The molecule has 6 nitrogen and oxygen atoms in total. The molecule has 0 saturated heterocycles. The molecule has 2 rings (SSSR count). The van der Waals surface area contributed by atoms with E-state index in [2.05, 4.69) is 5.32 Å². The summed E-state index contributed by atoms with van der Waals surface area (Å²) in [5.74, 6) is 2.17. The lowest BCUT2D eigenvalue weighted by atomic mass is 10.1. The van der Waals surface area contributed by atoms with Gasteiger partial charge < -0.3 is 24.4 Å². The second kappa shape index (κ2) is 6.47. The number of carbonyl (C=O) groups excluding carboxylic acids is 1. The van der Waals surface area contributed by atoms with Crippen LogP contribution in [0.1, 0.15) is 12.0 Å². The van der Waals surface area contributed by atoms with Gasteiger partial charge in [0.1, 0.15) is 5.75 Å². The first-order chi connectivity index (χ1) is 9.61. The molecule has 1 aliphatic heterocycles. The van der Waals surface area contributed by atoms with Crippen LogP contribution < -0.4 is 19.5 Å². The zero-order valence-electron chi connectivity index (χ0n) is 12.1. The molecule has 0 atom stereocenters. The standard InChI is InChI=1S/C14H20N2O4/c1-15-8-10-6-12-13(20-9-19-12)7-11(10)18-5-4-14(17)16(2)3/h6-7,15H,4-5,8-9H2,1-3H3. The number of benzene rings is 1. The van der Waals surface area contributed by atoms with Gasteiger partial charge in [-0.1, -0.05) is 0 Å². The lowest BCUT2D eigenvalue weighted by Gasteiger charge is -2.14. The van der Waals surface area contributed by atoms with Gasteiger partial charge in [0.15, 0.2) is 11.5 Å². The van der Waals surface area contributed by atoms with Crippen LogP contribution in [-0.2, 0) is 11.3 Å². The second-order valence-corrected chi connectivity index (χ2v) is 4.73. The Morgan fingerprint density at radius 2 is 2.05 bits per heavy atom. The summed E-state index contributed by atoms with van der Waals surface area (Å²) in [6, 6.07) is 3.72. The van der Waals surface area contributed by atoms with E-state index in [0.717, 1.165) is 17.1 Å². The first kappa shape index (κ1) is 14.5. The number of amides is 1. The maximum atomic E-state index is 11.5. The minimum Gasteiger partial charge on any atom is -0.493 e. The molecule has 0 bridgehead atoms. The van der Waals surface area contributed by atoms with E-state index in [0.29, 0.717) is 25.3 Å². The van der Waals surface area contributed by atoms with Crippen molar-refractivity contribution in [2.45, 2.75) is 13.0 Å². The monoisotopic (exact) mass is 280 g/mol. The molecule has 6 heteroatoms. The van der Waals surface area contributed by atoms with Gasteiger partial charge in [-0.2, -0.15) is 0 Å². The third-order valence-electron chi connectivity index (χ3n) is 3.00. The van der Waals surface area contributed by atoms with E-state index in [1.165, 1.54) is 0 Å². The number of carbonyl (C=O) groups is 1. The molecule has 0 aromatic heterocycles. The zero-order valence-corrected chi connectivity index (χ0v) is 12.1. The summed E-state index contributed by atoms with van der Waals surface area (Å²) in [7, 11) is 5.33. The lowest BCUT2D eigenvalue weighted by Crippen LogP contribution is -2.23. The number of nitrogens with one attached hydrogen (secondary N) is 1. The average Bonchev–Trinajstić information content (AvgIpc) is 2.86. The molecule has 0 aliphatic carbocycles. The van der Waals surface area contributed by atoms with E-state index in [1.807, 2.05) is 19.2 Å². The lowest BCUT2D eigenvalue weighted by molar-refractivity contribution is -0.129. The first-order valence-electron chi connectivity index (χ1n) is 6.52. The van der Waals surface area contributed by atoms with Crippen molar-refractivity contribution >= 4 is 5.91 Å². The van der Waals surface area contributed by atoms with E-state index in [-0.39, 0.29) is 12.7 Å². The number of ether oxygens (including phenoxy) is 3. The molecular weight excluding hydrogens is 260 g/mol. The molecule has 1 aliphatic rings. The van der Waals surface area contributed by atoms with Gasteiger partial charge in [0.25, 0.3) is 0 Å². The summed E-state index contributed by atoms with van der Waals surface area (Å²) in [5, 5.41) is 3.08. The van der Waals surface area contributed by atoms with Gasteiger partial charge in [-0.3, -0.25) is 4.79 Å². The minimum atomic E-state index is 0.0425. The molecule has 1 aromatic rings. The predicted octanol–water partition coefficient (Wildman–Crippen LogP) is 0.992. The number of rotatable bonds is 6. The van der Waals surface area contributed by atoms with E-state index in [9.17, 15) is 4.79 Å². The number of fused-ring (bicyclic) bond motifs is 1. The molecular formula is C14H20N2O4. The summed E-state index contributed by atoms with van der Waals surface area (Å²) in [4.78, 5) is 13.1. The largest absolute Gasteiger partial charge is 0.493 e. The Hall–Kier alpha value is -1.95. The SMILES string of the molecule is CNCc1cc2c(cc1OCCC(=O)N(C)C)OCO2. The minimum absolute atomic E-state index is 0.0425. The van der Waals surface area contributed by atoms with E-state index in [1.54, 1.807) is 19.0 Å². The molecule has 0 saturated carbocycles. The molecule has 110 valence electrons. The maximum absolute atomic E-state index is 11.5. The Morgan fingerprint density at radius 1 is 1.35 bits per heavy atom. The Bertz CT molecular complexity index is 488. The van der Waals surface area contributed by atoms with Gasteiger partial charge in [-0.15, -0.1) is 0 Å². The van der Waals surface area contributed by atoms with E-state index < -0.39 is 0 Å². The van der Waals surface area contributed by atoms with Crippen molar-refractivity contribution in [3.05, 3.63) is 17.7 Å². The summed E-state index contributed by atoms with van der Waals surface area (Å²) >= 11 is 0. The third kappa shape index (κ3) is 3.33. The van der Waals surface area contributed by atoms with Crippen molar-refractivity contribution in [2.24, 2.45) is 0 Å². The van der Waals surface area contributed by atoms with Crippen LogP contribution in [0, 0.1) is 0 Å². The quantitative estimate of drug-likeness (QED) is 0.842. The molecule has 20 heavy (non-hydrogen) atoms. The molecule has 1 N–H and O–H groups in total. The van der Waals surface area contributed by atoms with E-state index >= 15 is 0 Å². The van der Waals surface area contributed by atoms with Crippen LogP contribution in [-0.4, -0.2) is 45.3 Å². The van der Waals surface area contributed by atoms with Crippen LogP contribution in [0.5, 0.6) is 17.2 Å². The Kier molecular flexibility index (Phi) is 4.68. The van der Waals surface area contributed by atoms with Gasteiger partial charge in [-0.05, 0) is 13.1 Å². The molecule has 1 amide bonds. The van der Waals surface area contributed by atoms with Gasteiger partial charge in [0.2, 0.25) is 12.7 Å². The van der Waals surface area contributed by atoms with Gasteiger partial charge in [-0.25, -0.2) is 0 Å². The highest BCUT2D eigenvalue weighted by Crippen LogP contribution is 2.38. The first-order valence-corrected chi connectivity index (χ1v) is 6.52. The third-order valence-corrected chi connectivity index (χ3v) is 3.00. The van der Waals surface area contributed by atoms with Crippen molar-refractivity contribution in [1.82, 2.24) is 10.2 Å². The highest BCUT2D eigenvalue weighted by molar-refractivity contribution is 5.75. The predicted molar refractivity (Wildman–Crippen MR) is 74.1 cm³/mol. The molecule has 1 aromatic carbocycles. The van der Waals surface area contributed by atoms with Gasteiger partial charge in [0, 0.05) is 32.3 Å². The number of hydrogen-bond donors (Lipinski definition) is 1. The summed E-state index contributed by atoms with van der Waals surface area (Å²) < 4.78 is 16.4. The van der Waals surface area contributed by atoms with Gasteiger partial charge >= 0.3 is 0 Å². The fourth-order valence-electron chi connectivity index (χ4n) is 1.90. The molecule has 0 unspecified atom stereocenters. The molecule has 0 radical (unpaired) electrons. The van der Waals surface area contributed by atoms with Crippen LogP contribution in [0.2, 0.25) is 0 Å². The molecule has 0 fully saturated rings. The van der Waals surface area contributed by atoms with Crippen LogP contribution in [0.4, 0.5) is 0 Å². The van der Waals surface area contributed by atoms with Crippen LogP contribution >= 0.6 is 0 Å². The Labute approximate surface area is 118 Å². The van der Waals surface area contributed by atoms with Gasteiger partial charge in [0.05, 0.1) is 13.0 Å². The van der Waals surface area contributed by atoms with E-state index in [4.69, 9.17) is 14.2 Å². The van der Waals surface area contributed by atoms with Crippen LogP contribution in [0.3, 0.4) is 0 Å². The highest BCUT2D eigenvalue weighted by Gasteiger charge is 2.18. The summed E-state index contributed by atoms with van der Waals surface area (Å²) in [5.41, 5.74) is 0.981. The average molecular weight is 280 g/mol. The second-order valence-electron chi connectivity index (χ2n) is 4.73. The van der Waals surface area contributed by atoms with Crippen molar-refractivity contribution in [1.29, 1.82) is 0 Å². The summed E-state index contributed by atoms with van der Waals surface area (Å²) in [6.07, 6.45) is 0.348. The summed E-state index contributed by atoms with van der Waals surface area (Å²) in [6.45, 7) is 1.23. The highest BCUT2D eigenvalue weighted by atomic mass is 16.7. The van der Waals surface area contributed by atoms with Crippen molar-refractivity contribution in [3.8, 4) is 17.2 Å². The van der Waals surface area contributed by atoms with Crippen LogP contribution in [0.25, 0.3) is 0 Å². The number of nitrogens with zero attached hydrogens (tertiary/aromatic N) is 1. The van der Waals surface area contributed by atoms with Crippen molar-refractivity contribution in [3.63, 3.8) is 0 Å². The van der Waals surface area contributed by atoms with Crippen molar-refractivity contribution in [2.75, 3.05) is 34.5 Å². The fourth-order valence-corrected chi connectivity index (χ4v) is 1.90. The topological polar surface area (TPSA) is 60.0 Å².